The number of hydrogen-bond acceptors (Lipinski definition) is 3. The number of nitrogens with one attached hydrogen (secondary N) is 1. The fourth-order valence-electron chi connectivity index (χ4n) is 1.84. The van der Waals surface area contributed by atoms with E-state index in [1.54, 1.807) is 11.3 Å². The lowest BCUT2D eigenvalue weighted by atomic mass is 10.2. The van der Waals surface area contributed by atoms with Gasteiger partial charge in [0, 0.05) is 22.9 Å². The number of hydrogen-bond donors (Lipinski definition) is 1. The predicted molar refractivity (Wildman–Crippen MR) is 76.2 cm³/mol. The molecule has 1 aliphatic carbocycles. The summed E-state index contributed by atoms with van der Waals surface area (Å²) < 4.78 is 1.65. The third-order valence-electron chi connectivity index (χ3n) is 2.85. The van der Waals surface area contributed by atoms with E-state index in [0.29, 0.717) is 10.6 Å². The quantitative estimate of drug-likeness (QED) is 0.845. The topological polar surface area (TPSA) is 28.7 Å². The Bertz CT molecular complexity index is 585. The van der Waals surface area contributed by atoms with Crippen molar-refractivity contribution >= 4 is 39.5 Å². The van der Waals surface area contributed by atoms with Crippen LogP contribution in [0, 0.1) is 4.64 Å². The van der Waals surface area contributed by atoms with E-state index in [1.807, 2.05) is 0 Å². The van der Waals surface area contributed by atoms with Crippen LogP contribution in [0.2, 0.25) is 0 Å². The highest BCUT2D eigenvalue weighted by molar-refractivity contribution is 9.10. The van der Waals surface area contributed by atoms with Crippen LogP contribution in [0.3, 0.4) is 0 Å². The summed E-state index contributed by atoms with van der Waals surface area (Å²) in [6.07, 6.45) is 3.35. The molecular formula is C12H11BrN2S2. The molecule has 1 fully saturated rings. The largest absolute Gasteiger partial charge is 0.346 e. The first kappa shape index (κ1) is 11.6. The average Bonchev–Trinajstić information content (AvgIpc) is 3.02. The molecule has 0 bridgehead atoms. The number of aromatic nitrogens is 2. The molecule has 0 aliphatic heterocycles. The summed E-state index contributed by atoms with van der Waals surface area (Å²) in [7, 11) is 0. The summed E-state index contributed by atoms with van der Waals surface area (Å²) in [6, 6.07) is 4.19. The van der Waals surface area contributed by atoms with E-state index >= 15 is 0 Å². The molecule has 17 heavy (non-hydrogen) atoms. The van der Waals surface area contributed by atoms with Gasteiger partial charge >= 0.3 is 0 Å². The fourth-order valence-corrected chi connectivity index (χ4v) is 3.28. The van der Waals surface area contributed by atoms with Crippen molar-refractivity contribution in [3.63, 3.8) is 0 Å². The van der Waals surface area contributed by atoms with Gasteiger partial charge in [-0.1, -0.05) is 18.3 Å². The second kappa shape index (κ2) is 4.63. The van der Waals surface area contributed by atoms with Crippen LogP contribution < -0.4 is 0 Å². The summed E-state index contributed by atoms with van der Waals surface area (Å²) >= 11 is 10.6. The van der Waals surface area contributed by atoms with Crippen molar-refractivity contribution < 1.29 is 0 Å². The number of rotatable bonds is 3. The molecular weight excluding hydrogens is 316 g/mol. The Morgan fingerprint density at radius 2 is 2.35 bits per heavy atom. The van der Waals surface area contributed by atoms with Gasteiger partial charge in [-0.25, -0.2) is 4.98 Å². The van der Waals surface area contributed by atoms with E-state index in [9.17, 15) is 0 Å². The van der Waals surface area contributed by atoms with Crippen LogP contribution in [0.1, 0.15) is 35.2 Å². The van der Waals surface area contributed by atoms with Crippen molar-refractivity contribution in [2.75, 3.05) is 0 Å². The van der Waals surface area contributed by atoms with E-state index in [0.717, 1.165) is 16.7 Å². The van der Waals surface area contributed by atoms with Crippen molar-refractivity contribution in [3.05, 3.63) is 43.0 Å². The lowest BCUT2D eigenvalue weighted by molar-refractivity contribution is 0.888. The highest BCUT2D eigenvalue weighted by atomic mass is 79.9. The number of H-pyrrole nitrogens is 1. The van der Waals surface area contributed by atoms with Gasteiger partial charge in [0.15, 0.2) is 0 Å². The Hall–Kier alpha value is -0.520. The summed E-state index contributed by atoms with van der Waals surface area (Å²) in [5.74, 6) is 1.62. The van der Waals surface area contributed by atoms with Crippen LogP contribution in [-0.4, -0.2) is 9.97 Å². The molecule has 2 aromatic rings. The molecule has 1 saturated carbocycles. The number of halogens is 1. The fraction of sp³-hybridized carbons (Fsp3) is 0.333. The molecule has 0 unspecified atom stereocenters. The Labute approximate surface area is 117 Å². The van der Waals surface area contributed by atoms with Crippen molar-refractivity contribution in [2.24, 2.45) is 0 Å². The number of nitrogens with zero attached hydrogens (tertiary/aromatic N) is 1. The molecule has 0 atom stereocenters. The van der Waals surface area contributed by atoms with Gasteiger partial charge in [-0.2, -0.15) is 0 Å². The predicted octanol–water partition coefficient (Wildman–Crippen LogP) is 4.43. The first-order valence-corrected chi connectivity index (χ1v) is 7.63. The molecule has 1 N–H and O–H groups in total. The zero-order valence-corrected chi connectivity index (χ0v) is 12.3. The Balaban J connectivity index is 1.97. The minimum atomic E-state index is 0.649. The maximum atomic E-state index is 5.30. The number of thiophene rings is 1. The van der Waals surface area contributed by atoms with Gasteiger partial charge in [0.05, 0.1) is 4.47 Å². The van der Waals surface area contributed by atoms with Crippen LogP contribution in [0.15, 0.2) is 22.0 Å². The first-order chi connectivity index (χ1) is 8.24. The summed E-state index contributed by atoms with van der Waals surface area (Å²) in [4.78, 5) is 9.19. The van der Waals surface area contributed by atoms with Gasteiger partial charge in [0.1, 0.15) is 10.5 Å². The van der Waals surface area contributed by atoms with Crippen molar-refractivity contribution in [2.45, 2.75) is 25.2 Å². The summed E-state index contributed by atoms with van der Waals surface area (Å²) in [5.41, 5.74) is 1.23. The molecule has 2 heterocycles. The monoisotopic (exact) mass is 326 g/mol. The van der Waals surface area contributed by atoms with Gasteiger partial charge in [0.25, 0.3) is 0 Å². The van der Waals surface area contributed by atoms with E-state index in [4.69, 9.17) is 12.2 Å². The van der Waals surface area contributed by atoms with Crippen LogP contribution in [0.25, 0.3) is 0 Å². The molecule has 2 aromatic heterocycles. The zero-order valence-electron chi connectivity index (χ0n) is 9.07. The van der Waals surface area contributed by atoms with Crippen LogP contribution >= 0.6 is 39.5 Å². The highest BCUT2D eigenvalue weighted by Gasteiger charge is 2.27. The molecule has 0 saturated heterocycles. The molecule has 0 radical (unpaired) electrons. The Kier molecular flexibility index (Phi) is 3.15. The second-order valence-corrected chi connectivity index (χ2v) is 6.46. The molecule has 5 heteroatoms. The van der Waals surface area contributed by atoms with E-state index in [1.165, 1.54) is 23.4 Å². The van der Waals surface area contributed by atoms with Gasteiger partial charge in [0.2, 0.25) is 0 Å². The van der Waals surface area contributed by atoms with E-state index in [-0.39, 0.29) is 0 Å². The minimum absolute atomic E-state index is 0.649. The molecule has 88 valence electrons. The van der Waals surface area contributed by atoms with Crippen molar-refractivity contribution in [1.29, 1.82) is 0 Å². The molecule has 0 amide bonds. The van der Waals surface area contributed by atoms with Gasteiger partial charge in [-0.05, 0) is 40.2 Å². The molecule has 2 nitrogen and oxygen atoms in total. The average molecular weight is 327 g/mol. The first-order valence-electron chi connectivity index (χ1n) is 5.55. The van der Waals surface area contributed by atoms with Crippen LogP contribution in [0.5, 0.6) is 0 Å². The summed E-state index contributed by atoms with van der Waals surface area (Å²) in [5, 5.41) is 2.09. The minimum Gasteiger partial charge on any atom is -0.346 e. The molecule has 1 aliphatic rings. The van der Waals surface area contributed by atoms with E-state index < -0.39 is 0 Å². The van der Waals surface area contributed by atoms with Crippen molar-refractivity contribution in [1.82, 2.24) is 9.97 Å². The van der Waals surface area contributed by atoms with Gasteiger partial charge in [-0.3, -0.25) is 0 Å². The highest BCUT2D eigenvalue weighted by Crippen LogP contribution is 2.42. The molecule has 0 aromatic carbocycles. The van der Waals surface area contributed by atoms with Gasteiger partial charge < -0.3 is 4.98 Å². The zero-order chi connectivity index (χ0) is 11.8. The maximum Gasteiger partial charge on any atom is 0.144 e. The lowest BCUT2D eigenvalue weighted by Gasteiger charge is -2.06. The van der Waals surface area contributed by atoms with E-state index in [2.05, 4.69) is 43.4 Å². The van der Waals surface area contributed by atoms with Crippen LogP contribution in [-0.2, 0) is 6.42 Å². The normalized spacial score (nSPS) is 15.1. The smallest absolute Gasteiger partial charge is 0.144 e. The van der Waals surface area contributed by atoms with Gasteiger partial charge in [-0.15, -0.1) is 11.3 Å². The Morgan fingerprint density at radius 3 is 3.00 bits per heavy atom. The molecule has 0 spiro atoms. The van der Waals surface area contributed by atoms with Crippen LogP contribution in [0.4, 0.5) is 0 Å². The maximum absolute atomic E-state index is 5.30. The second-order valence-electron chi connectivity index (χ2n) is 4.25. The summed E-state index contributed by atoms with van der Waals surface area (Å²) in [6.45, 7) is 0. The number of aromatic amines is 1. The lowest BCUT2D eigenvalue weighted by Crippen LogP contribution is -2.01. The standard InChI is InChI=1S/C12H11BrN2S2/c13-10-11(7-3-4-7)14-9(15-12(10)16)6-8-2-1-5-17-8/h1-2,5,7H,3-4,6H2,(H,14,15,16). The Morgan fingerprint density at radius 1 is 1.53 bits per heavy atom. The van der Waals surface area contributed by atoms with Crippen molar-refractivity contribution in [3.8, 4) is 0 Å². The SMILES string of the molecule is S=c1nc(Cc2cccs2)[nH]c(C2CC2)c1Br. The third kappa shape index (κ3) is 2.51. The third-order valence-corrected chi connectivity index (χ3v) is 5.08. The molecule has 3 rings (SSSR count).